The summed E-state index contributed by atoms with van der Waals surface area (Å²) in [4.78, 5) is 14.8. The Morgan fingerprint density at radius 1 is 1.47 bits per heavy atom. The van der Waals surface area contributed by atoms with Crippen LogP contribution in [0.2, 0.25) is 0 Å². The Bertz CT molecular complexity index is 440. The lowest BCUT2D eigenvalue weighted by Crippen LogP contribution is -2.59. The molecule has 1 aromatic rings. The maximum absolute atomic E-state index is 12.7. The summed E-state index contributed by atoms with van der Waals surface area (Å²) in [7, 11) is 0. The monoisotopic (exact) mass is 327 g/mol. The zero-order chi connectivity index (χ0) is 13.8. The van der Waals surface area contributed by atoms with Gasteiger partial charge in [-0.15, -0.1) is 0 Å². The fourth-order valence-corrected chi connectivity index (χ4v) is 2.88. The second kappa shape index (κ2) is 6.57. The lowest BCUT2D eigenvalue weighted by molar-refractivity contribution is 0.0604. The average molecular weight is 328 g/mol. The van der Waals surface area contributed by atoms with Crippen molar-refractivity contribution in [3.05, 3.63) is 22.4 Å². The van der Waals surface area contributed by atoms with Gasteiger partial charge in [0.1, 0.15) is 5.69 Å². The van der Waals surface area contributed by atoms with Gasteiger partial charge in [-0.2, -0.15) is 0 Å². The predicted octanol–water partition coefficient (Wildman–Crippen LogP) is 2.48. The topological polar surface area (TPSA) is 37.3 Å². The summed E-state index contributed by atoms with van der Waals surface area (Å²) in [6, 6.07) is 2.29. The average Bonchev–Trinajstić information content (AvgIpc) is 2.67. The summed E-state index contributed by atoms with van der Waals surface area (Å²) in [5.74, 6) is 0.160. The second-order valence-corrected chi connectivity index (χ2v) is 5.96. The highest BCUT2D eigenvalue weighted by atomic mass is 79.9. The van der Waals surface area contributed by atoms with Crippen molar-refractivity contribution in [3.8, 4) is 0 Å². The Hall–Kier alpha value is -0.810. The number of halogens is 1. The van der Waals surface area contributed by atoms with Gasteiger partial charge in [0, 0.05) is 36.8 Å². The van der Waals surface area contributed by atoms with Gasteiger partial charge in [-0.1, -0.05) is 13.8 Å². The number of carbonyl (C=O) groups excluding carboxylic acids is 1. The minimum absolute atomic E-state index is 0.160. The zero-order valence-corrected chi connectivity index (χ0v) is 13.2. The molecule has 1 aromatic heterocycles. The molecule has 5 heteroatoms. The van der Waals surface area contributed by atoms with Crippen LogP contribution in [0.25, 0.3) is 0 Å². The van der Waals surface area contributed by atoms with E-state index >= 15 is 0 Å². The molecule has 0 aromatic carbocycles. The van der Waals surface area contributed by atoms with Gasteiger partial charge < -0.3 is 14.8 Å². The van der Waals surface area contributed by atoms with E-state index < -0.39 is 0 Å². The Kier molecular flexibility index (Phi) is 5.05. The SMILES string of the molecule is CCCN(C(=O)c1cc(Br)cn1CCC)C1CNC1. The molecule has 1 saturated heterocycles. The number of hydrogen-bond acceptors (Lipinski definition) is 2. The fourth-order valence-electron chi connectivity index (χ4n) is 2.41. The lowest BCUT2D eigenvalue weighted by Gasteiger charge is -2.38. The van der Waals surface area contributed by atoms with E-state index in [4.69, 9.17) is 0 Å². The van der Waals surface area contributed by atoms with Gasteiger partial charge in [0.05, 0.1) is 6.04 Å². The van der Waals surface area contributed by atoms with Crippen LogP contribution in [0, 0.1) is 0 Å². The molecule has 0 spiro atoms. The smallest absolute Gasteiger partial charge is 0.270 e. The predicted molar refractivity (Wildman–Crippen MR) is 80.4 cm³/mol. The molecule has 0 atom stereocenters. The van der Waals surface area contributed by atoms with Crippen LogP contribution < -0.4 is 5.32 Å². The molecule has 1 aliphatic heterocycles. The molecule has 0 radical (unpaired) electrons. The molecule has 1 amide bonds. The highest BCUT2D eigenvalue weighted by Gasteiger charge is 2.30. The van der Waals surface area contributed by atoms with Gasteiger partial charge in [0.25, 0.3) is 5.91 Å². The quantitative estimate of drug-likeness (QED) is 0.871. The van der Waals surface area contributed by atoms with Gasteiger partial charge in [-0.3, -0.25) is 4.79 Å². The largest absolute Gasteiger partial charge is 0.342 e. The molecule has 0 unspecified atom stereocenters. The van der Waals surface area contributed by atoms with E-state index in [9.17, 15) is 4.79 Å². The zero-order valence-electron chi connectivity index (χ0n) is 11.7. The van der Waals surface area contributed by atoms with E-state index in [0.29, 0.717) is 6.04 Å². The molecule has 0 bridgehead atoms. The summed E-state index contributed by atoms with van der Waals surface area (Å²) in [6.07, 6.45) is 4.03. The van der Waals surface area contributed by atoms with Crippen LogP contribution in [0.3, 0.4) is 0 Å². The number of rotatable bonds is 6. The highest BCUT2D eigenvalue weighted by Crippen LogP contribution is 2.19. The van der Waals surface area contributed by atoms with Crippen molar-refractivity contribution in [2.24, 2.45) is 0 Å². The molecule has 4 nitrogen and oxygen atoms in total. The molecule has 2 heterocycles. The molecule has 1 N–H and O–H groups in total. The Morgan fingerprint density at radius 3 is 2.74 bits per heavy atom. The summed E-state index contributed by atoms with van der Waals surface area (Å²) in [6.45, 7) is 7.80. The number of aromatic nitrogens is 1. The molecular formula is C14H22BrN3O. The number of carbonyl (C=O) groups is 1. The lowest BCUT2D eigenvalue weighted by atomic mass is 10.1. The highest BCUT2D eigenvalue weighted by molar-refractivity contribution is 9.10. The van der Waals surface area contributed by atoms with Crippen molar-refractivity contribution in [1.29, 1.82) is 0 Å². The normalized spacial score (nSPS) is 15.3. The first-order chi connectivity index (χ1) is 9.17. The Balaban J connectivity index is 2.20. The summed E-state index contributed by atoms with van der Waals surface area (Å²) < 4.78 is 3.04. The van der Waals surface area contributed by atoms with Crippen LogP contribution in [0.5, 0.6) is 0 Å². The molecular weight excluding hydrogens is 306 g/mol. The molecule has 0 aliphatic carbocycles. The van der Waals surface area contributed by atoms with E-state index in [1.54, 1.807) is 0 Å². The van der Waals surface area contributed by atoms with E-state index in [1.165, 1.54) is 0 Å². The summed E-state index contributed by atoms with van der Waals surface area (Å²) in [5, 5.41) is 3.24. The molecule has 19 heavy (non-hydrogen) atoms. The number of nitrogens with zero attached hydrogens (tertiary/aromatic N) is 2. The van der Waals surface area contributed by atoms with Crippen molar-refractivity contribution in [2.75, 3.05) is 19.6 Å². The Labute approximate surface area is 123 Å². The summed E-state index contributed by atoms with van der Waals surface area (Å²) in [5.41, 5.74) is 0.800. The number of hydrogen-bond donors (Lipinski definition) is 1. The molecule has 0 saturated carbocycles. The van der Waals surface area contributed by atoms with Crippen LogP contribution in [-0.2, 0) is 6.54 Å². The first-order valence-corrected chi connectivity index (χ1v) is 7.84. The van der Waals surface area contributed by atoms with E-state index in [2.05, 4.69) is 39.7 Å². The molecule has 106 valence electrons. The number of nitrogens with one attached hydrogen (secondary N) is 1. The standard InChI is InChI=1S/C14H22BrN3O/c1-3-5-17-10-11(15)7-13(17)14(19)18(6-4-2)12-8-16-9-12/h7,10,12,16H,3-6,8-9H2,1-2H3. The van der Waals surface area contributed by atoms with Crippen LogP contribution in [-0.4, -0.2) is 41.1 Å². The van der Waals surface area contributed by atoms with Gasteiger partial charge in [0.15, 0.2) is 0 Å². The van der Waals surface area contributed by atoms with E-state index in [0.717, 1.165) is 49.2 Å². The van der Waals surface area contributed by atoms with Crippen LogP contribution >= 0.6 is 15.9 Å². The minimum atomic E-state index is 0.160. The van der Waals surface area contributed by atoms with Gasteiger partial charge in [0.2, 0.25) is 0 Å². The third-order valence-electron chi connectivity index (χ3n) is 3.47. The van der Waals surface area contributed by atoms with Gasteiger partial charge in [-0.25, -0.2) is 0 Å². The third kappa shape index (κ3) is 3.20. The fraction of sp³-hybridized carbons (Fsp3) is 0.643. The second-order valence-electron chi connectivity index (χ2n) is 5.05. The maximum Gasteiger partial charge on any atom is 0.270 e. The van der Waals surface area contributed by atoms with Gasteiger partial charge >= 0.3 is 0 Å². The van der Waals surface area contributed by atoms with Crippen molar-refractivity contribution in [1.82, 2.24) is 14.8 Å². The van der Waals surface area contributed by atoms with Crippen molar-refractivity contribution < 1.29 is 4.79 Å². The molecule has 1 fully saturated rings. The van der Waals surface area contributed by atoms with Crippen LogP contribution in [0.4, 0.5) is 0 Å². The van der Waals surface area contributed by atoms with Crippen molar-refractivity contribution >= 4 is 21.8 Å². The van der Waals surface area contributed by atoms with Crippen molar-refractivity contribution in [2.45, 2.75) is 39.3 Å². The first kappa shape index (κ1) is 14.6. The third-order valence-corrected chi connectivity index (χ3v) is 3.91. The molecule has 1 aliphatic rings. The minimum Gasteiger partial charge on any atom is -0.342 e. The first-order valence-electron chi connectivity index (χ1n) is 7.04. The van der Waals surface area contributed by atoms with E-state index in [-0.39, 0.29) is 5.91 Å². The number of aryl methyl sites for hydroxylation is 1. The molecule has 2 rings (SSSR count). The van der Waals surface area contributed by atoms with Gasteiger partial charge in [-0.05, 0) is 34.8 Å². The van der Waals surface area contributed by atoms with Crippen molar-refractivity contribution in [3.63, 3.8) is 0 Å². The Morgan fingerprint density at radius 2 is 2.21 bits per heavy atom. The maximum atomic E-state index is 12.7. The van der Waals surface area contributed by atoms with Crippen LogP contribution in [0.1, 0.15) is 37.2 Å². The summed E-state index contributed by atoms with van der Waals surface area (Å²) >= 11 is 3.47. The number of amides is 1. The van der Waals surface area contributed by atoms with Crippen LogP contribution in [0.15, 0.2) is 16.7 Å². The van der Waals surface area contributed by atoms with E-state index in [1.807, 2.05) is 17.2 Å².